The summed E-state index contributed by atoms with van der Waals surface area (Å²) in [7, 11) is 0. The number of hydrogen-bond acceptors (Lipinski definition) is 5. The molecule has 0 radical (unpaired) electrons. The number of nitrogens with one attached hydrogen (secondary N) is 1. The molecule has 0 aliphatic carbocycles. The first-order chi connectivity index (χ1) is 20.7. The fourth-order valence-electron chi connectivity index (χ4n) is 6.71. The van der Waals surface area contributed by atoms with Gasteiger partial charge in [0.25, 0.3) is 5.91 Å². The Morgan fingerprint density at radius 2 is 1.84 bits per heavy atom. The second-order valence-electron chi connectivity index (χ2n) is 12.1. The Kier molecular flexibility index (Phi) is 8.26. The van der Waals surface area contributed by atoms with Crippen molar-refractivity contribution in [1.29, 1.82) is 0 Å². The minimum Gasteiger partial charge on any atom is -0.339 e. The minimum absolute atomic E-state index is 0.0908. The van der Waals surface area contributed by atoms with Crippen LogP contribution in [0.4, 0.5) is 13.2 Å². The number of piperidine rings is 2. The lowest BCUT2D eigenvalue weighted by Gasteiger charge is -2.45. The maximum absolute atomic E-state index is 13.3. The van der Waals surface area contributed by atoms with E-state index in [1.54, 1.807) is 4.52 Å². The molecule has 1 N–H and O–H groups in total. The van der Waals surface area contributed by atoms with Gasteiger partial charge in [-0.2, -0.15) is 18.3 Å². The molecular formula is C32H37F3N6O2. The van der Waals surface area contributed by atoms with Gasteiger partial charge in [-0.25, -0.2) is 9.50 Å². The molecule has 8 nitrogen and oxygen atoms in total. The van der Waals surface area contributed by atoms with Gasteiger partial charge in [0.1, 0.15) is 0 Å². The number of carbonyl (C=O) groups is 2. The highest BCUT2D eigenvalue weighted by atomic mass is 19.4. The standard InChI is InChI=1S/C32H37F3N6O2/c33-32(34,35)14-9-28(42)39-18-10-24(11-19-39)26-4-1-17-41-29(26)37-27(38-41)20-23-5-7-25(8-6-23)30(43)40-16-3-13-31(22-40)12-2-15-36-21-31/h1,4-8,10,17,36H,2-3,9,11-16,18-22H2. The smallest absolute Gasteiger partial charge is 0.339 e. The number of likely N-dealkylation sites (tertiary alicyclic amines) is 1. The van der Waals surface area contributed by atoms with Gasteiger partial charge in [0, 0.05) is 68.3 Å². The Morgan fingerprint density at radius 1 is 1.02 bits per heavy atom. The van der Waals surface area contributed by atoms with Crippen molar-refractivity contribution >= 4 is 23.0 Å². The lowest BCUT2D eigenvalue weighted by atomic mass is 9.74. The number of carbonyl (C=O) groups excluding carboxylic acids is 2. The Bertz CT molecular complexity index is 1500. The number of pyridine rings is 1. The first-order valence-electron chi connectivity index (χ1n) is 15.2. The molecular weight excluding hydrogens is 557 g/mol. The van der Waals surface area contributed by atoms with Crippen LogP contribution in [-0.2, 0) is 11.2 Å². The molecule has 3 aliphatic rings. The average Bonchev–Trinajstić information content (AvgIpc) is 3.43. The first kappa shape index (κ1) is 29.3. The highest BCUT2D eigenvalue weighted by Crippen LogP contribution is 2.36. The molecule has 1 spiro atoms. The van der Waals surface area contributed by atoms with Crippen molar-refractivity contribution in [3.05, 3.63) is 71.2 Å². The number of aromatic nitrogens is 3. The second kappa shape index (κ2) is 12.1. The zero-order valence-corrected chi connectivity index (χ0v) is 24.2. The first-order valence-corrected chi connectivity index (χ1v) is 15.2. The number of halogens is 3. The van der Waals surface area contributed by atoms with Crippen molar-refractivity contribution in [1.82, 2.24) is 29.7 Å². The van der Waals surface area contributed by atoms with Gasteiger partial charge in [-0.05, 0) is 74.1 Å². The van der Waals surface area contributed by atoms with Gasteiger partial charge >= 0.3 is 6.18 Å². The van der Waals surface area contributed by atoms with Crippen molar-refractivity contribution in [3.63, 3.8) is 0 Å². The summed E-state index contributed by atoms with van der Waals surface area (Å²) in [5.41, 5.74) is 4.51. The van der Waals surface area contributed by atoms with E-state index in [2.05, 4.69) is 10.4 Å². The third-order valence-corrected chi connectivity index (χ3v) is 9.01. The van der Waals surface area contributed by atoms with Crippen LogP contribution in [0.25, 0.3) is 11.2 Å². The molecule has 2 saturated heterocycles. The van der Waals surface area contributed by atoms with Crippen molar-refractivity contribution in [2.24, 2.45) is 5.41 Å². The molecule has 43 heavy (non-hydrogen) atoms. The van der Waals surface area contributed by atoms with Crippen molar-refractivity contribution in [2.45, 2.75) is 57.5 Å². The molecule has 6 rings (SSSR count). The summed E-state index contributed by atoms with van der Waals surface area (Å²) in [5.74, 6) is 0.257. The fraction of sp³-hybridized carbons (Fsp3) is 0.500. The average molecular weight is 595 g/mol. The monoisotopic (exact) mass is 594 g/mol. The summed E-state index contributed by atoms with van der Waals surface area (Å²) >= 11 is 0. The lowest BCUT2D eigenvalue weighted by molar-refractivity contribution is -0.148. The summed E-state index contributed by atoms with van der Waals surface area (Å²) in [4.78, 5) is 33.9. The van der Waals surface area contributed by atoms with Gasteiger partial charge in [-0.15, -0.1) is 0 Å². The van der Waals surface area contributed by atoms with Crippen LogP contribution < -0.4 is 5.32 Å². The zero-order chi connectivity index (χ0) is 30.0. The maximum Gasteiger partial charge on any atom is 0.389 e. The Balaban J connectivity index is 1.10. The highest BCUT2D eigenvalue weighted by Gasteiger charge is 2.38. The molecule has 11 heteroatoms. The van der Waals surface area contributed by atoms with E-state index in [1.807, 2.05) is 53.6 Å². The van der Waals surface area contributed by atoms with E-state index in [0.717, 1.165) is 49.3 Å². The van der Waals surface area contributed by atoms with Crippen molar-refractivity contribution in [2.75, 3.05) is 39.3 Å². The van der Waals surface area contributed by atoms with Gasteiger partial charge < -0.3 is 15.1 Å². The summed E-state index contributed by atoms with van der Waals surface area (Å²) in [6, 6.07) is 11.6. The van der Waals surface area contributed by atoms with E-state index >= 15 is 0 Å². The van der Waals surface area contributed by atoms with Crippen molar-refractivity contribution < 1.29 is 22.8 Å². The van der Waals surface area contributed by atoms with Crippen molar-refractivity contribution in [3.8, 4) is 0 Å². The molecule has 2 aromatic heterocycles. The van der Waals surface area contributed by atoms with Crippen LogP contribution in [0.2, 0.25) is 0 Å². The van der Waals surface area contributed by atoms with Crippen LogP contribution in [0.5, 0.6) is 0 Å². The maximum atomic E-state index is 13.3. The molecule has 228 valence electrons. The highest BCUT2D eigenvalue weighted by molar-refractivity contribution is 5.94. The Labute approximate surface area is 248 Å². The predicted octanol–water partition coefficient (Wildman–Crippen LogP) is 4.88. The number of benzene rings is 1. The molecule has 3 aliphatic heterocycles. The van der Waals surface area contributed by atoms with Gasteiger partial charge in [-0.1, -0.05) is 18.2 Å². The zero-order valence-electron chi connectivity index (χ0n) is 24.2. The topological polar surface area (TPSA) is 82.8 Å². The van der Waals surface area contributed by atoms with Crippen LogP contribution in [-0.4, -0.2) is 81.7 Å². The molecule has 1 unspecified atom stereocenters. The van der Waals surface area contributed by atoms with Crippen LogP contribution in [0.15, 0.2) is 48.7 Å². The Hall–Kier alpha value is -3.73. The van der Waals surface area contributed by atoms with E-state index in [4.69, 9.17) is 4.98 Å². The third-order valence-electron chi connectivity index (χ3n) is 9.01. The largest absolute Gasteiger partial charge is 0.389 e. The molecule has 2 fully saturated rings. The quantitative estimate of drug-likeness (QED) is 0.440. The summed E-state index contributed by atoms with van der Waals surface area (Å²) < 4.78 is 39.3. The summed E-state index contributed by atoms with van der Waals surface area (Å²) in [6.45, 7) is 4.31. The van der Waals surface area contributed by atoms with Gasteiger partial charge in [0.15, 0.2) is 11.5 Å². The summed E-state index contributed by atoms with van der Waals surface area (Å²) in [6.07, 6.45) is 3.37. The van der Waals surface area contributed by atoms with E-state index in [-0.39, 0.29) is 17.9 Å². The van der Waals surface area contributed by atoms with E-state index < -0.39 is 24.9 Å². The minimum atomic E-state index is -4.34. The Morgan fingerprint density at radius 3 is 2.56 bits per heavy atom. The normalized spacial score (nSPS) is 21.3. The number of amides is 2. The predicted molar refractivity (Wildman–Crippen MR) is 156 cm³/mol. The molecule has 5 heterocycles. The summed E-state index contributed by atoms with van der Waals surface area (Å²) in [5, 5.41) is 8.18. The van der Waals surface area contributed by atoms with E-state index in [9.17, 15) is 22.8 Å². The molecule has 1 atom stereocenters. The SMILES string of the molecule is O=C(CCC(F)(F)F)N1CC=C(c2cccn3nc(Cc4ccc(C(=O)N5CCCC6(CCCNC6)C5)cc4)nc23)CC1. The van der Waals surface area contributed by atoms with Crippen LogP contribution >= 0.6 is 0 Å². The number of hydrogen-bond donors (Lipinski definition) is 1. The van der Waals surface area contributed by atoms with E-state index in [0.29, 0.717) is 36.4 Å². The van der Waals surface area contributed by atoms with Gasteiger partial charge in [0.2, 0.25) is 5.91 Å². The molecule has 1 aromatic carbocycles. The molecule has 2 amide bonds. The number of nitrogens with zero attached hydrogens (tertiary/aromatic N) is 5. The lowest BCUT2D eigenvalue weighted by Crippen LogP contribution is -2.52. The number of rotatable bonds is 6. The van der Waals surface area contributed by atoms with E-state index in [1.165, 1.54) is 24.2 Å². The van der Waals surface area contributed by atoms with Gasteiger partial charge in [0.05, 0.1) is 6.42 Å². The van der Waals surface area contributed by atoms with Crippen LogP contribution in [0, 0.1) is 5.41 Å². The molecule has 0 saturated carbocycles. The van der Waals surface area contributed by atoms with Crippen LogP contribution in [0.3, 0.4) is 0 Å². The molecule has 3 aromatic rings. The second-order valence-corrected chi connectivity index (χ2v) is 12.1. The fourth-order valence-corrected chi connectivity index (χ4v) is 6.71. The van der Waals surface area contributed by atoms with Gasteiger partial charge in [-0.3, -0.25) is 9.59 Å². The third kappa shape index (κ3) is 6.76. The molecule has 0 bridgehead atoms. The number of alkyl halides is 3. The number of fused-ring (bicyclic) bond motifs is 1. The van der Waals surface area contributed by atoms with Crippen LogP contribution in [0.1, 0.15) is 72.3 Å².